The summed E-state index contributed by atoms with van der Waals surface area (Å²) in [4.78, 5) is 15.6. The van der Waals surface area contributed by atoms with Gasteiger partial charge in [0.05, 0.1) is 5.56 Å². The number of hydrogen-bond acceptors (Lipinski definition) is 2. The number of fused-ring (bicyclic) bond motifs is 2. The van der Waals surface area contributed by atoms with Crippen molar-refractivity contribution < 1.29 is 9.18 Å². The Balaban J connectivity index is 1.51. The lowest BCUT2D eigenvalue weighted by Gasteiger charge is -2.29. The second kappa shape index (κ2) is 5.81. The van der Waals surface area contributed by atoms with Crippen LogP contribution < -0.4 is 10.6 Å². The molecule has 5 heteroatoms. The molecule has 2 bridgehead atoms. The van der Waals surface area contributed by atoms with Crippen molar-refractivity contribution in [2.75, 3.05) is 0 Å². The zero-order chi connectivity index (χ0) is 15.8. The fraction of sp³-hybridized carbons (Fsp3) is 0.389. The van der Waals surface area contributed by atoms with Crippen molar-refractivity contribution in [1.29, 1.82) is 0 Å². The largest absolute Gasteiger partial charge is 0.366 e. The number of aromatic amines is 1. The second-order valence-corrected chi connectivity index (χ2v) is 6.57. The molecule has 2 atom stereocenters. The van der Waals surface area contributed by atoms with E-state index in [1.807, 2.05) is 0 Å². The van der Waals surface area contributed by atoms with Crippen LogP contribution in [0.2, 0.25) is 0 Å². The Kier molecular flexibility index (Phi) is 3.65. The minimum absolute atomic E-state index is 0.0584. The summed E-state index contributed by atoms with van der Waals surface area (Å²) in [7, 11) is 0. The molecule has 120 valence electrons. The van der Waals surface area contributed by atoms with Gasteiger partial charge in [0.15, 0.2) is 0 Å². The van der Waals surface area contributed by atoms with Gasteiger partial charge < -0.3 is 15.6 Å². The average Bonchev–Trinajstić information content (AvgIpc) is 3.15. The number of nitrogens with one attached hydrogen (secondary N) is 3. The molecule has 1 aromatic carbocycles. The number of carbonyl (C=O) groups is 1. The molecule has 4 nitrogen and oxygen atoms in total. The van der Waals surface area contributed by atoms with E-state index in [4.69, 9.17) is 0 Å². The van der Waals surface area contributed by atoms with Gasteiger partial charge in [0.2, 0.25) is 0 Å². The molecule has 2 aromatic rings. The molecule has 4 rings (SSSR count). The minimum Gasteiger partial charge on any atom is -0.366 e. The smallest absolute Gasteiger partial charge is 0.253 e. The van der Waals surface area contributed by atoms with Crippen LogP contribution in [0.1, 0.15) is 36.0 Å². The molecule has 0 saturated carbocycles. The minimum atomic E-state index is -0.277. The number of rotatable bonds is 3. The van der Waals surface area contributed by atoms with E-state index in [9.17, 15) is 9.18 Å². The average molecular weight is 313 g/mol. The number of piperidine rings is 1. The van der Waals surface area contributed by atoms with Crippen molar-refractivity contribution in [3.63, 3.8) is 0 Å². The highest BCUT2D eigenvalue weighted by Gasteiger charge is 2.34. The van der Waals surface area contributed by atoms with Gasteiger partial charge in [-0.2, -0.15) is 0 Å². The standard InChI is InChI=1S/C18H20FN3O/c19-12-3-1-11(2-4-12)16-9-20-10-17(16)18(23)22-15-7-13-5-6-14(8-15)21-13/h1-4,9-10,13-15,20-21H,5-8H2,(H,22,23). The normalized spacial score (nSPS) is 26.2. The first kappa shape index (κ1) is 14.5. The van der Waals surface area contributed by atoms with E-state index in [1.165, 1.54) is 25.0 Å². The van der Waals surface area contributed by atoms with E-state index in [-0.39, 0.29) is 17.8 Å². The van der Waals surface area contributed by atoms with Gasteiger partial charge in [-0.3, -0.25) is 4.79 Å². The lowest BCUT2D eigenvalue weighted by Crippen LogP contribution is -2.48. The molecule has 3 heterocycles. The van der Waals surface area contributed by atoms with Crippen LogP contribution in [0, 0.1) is 5.82 Å². The van der Waals surface area contributed by atoms with Crippen molar-refractivity contribution in [1.82, 2.24) is 15.6 Å². The third-order valence-electron chi connectivity index (χ3n) is 4.95. The Labute approximate surface area is 134 Å². The predicted octanol–water partition coefficient (Wildman–Crippen LogP) is 2.83. The number of aromatic nitrogens is 1. The molecule has 0 aliphatic carbocycles. The van der Waals surface area contributed by atoms with E-state index < -0.39 is 0 Å². The van der Waals surface area contributed by atoms with Crippen LogP contribution in [0.25, 0.3) is 11.1 Å². The Bertz CT molecular complexity index is 697. The Morgan fingerprint density at radius 2 is 1.78 bits per heavy atom. The molecule has 2 fully saturated rings. The molecular weight excluding hydrogens is 293 g/mol. The van der Waals surface area contributed by atoms with Gasteiger partial charge in [-0.25, -0.2) is 4.39 Å². The maximum atomic E-state index is 13.1. The van der Waals surface area contributed by atoms with Crippen molar-refractivity contribution in [2.45, 2.75) is 43.8 Å². The van der Waals surface area contributed by atoms with E-state index in [2.05, 4.69) is 15.6 Å². The van der Waals surface area contributed by atoms with Crippen molar-refractivity contribution in [2.24, 2.45) is 0 Å². The summed E-state index contributed by atoms with van der Waals surface area (Å²) >= 11 is 0. The number of amides is 1. The Morgan fingerprint density at radius 1 is 1.09 bits per heavy atom. The number of H-pyrrole nitrogens is 1. The SMILES string of the molecule is O=C(NC1CC2CCC(C1)N2)c1c[nH]cc1-c1ccc(F)cc1. The molecule has 0 spiro atoms. The summed E-state index contributed by atoms with van der Waals surface area (Å²) in [5.41, 5.74) is 2.25. The number of hydrogen-bond donors (Lipinski definition) is 3. The first-order valence-corrected chi connectivity index (χ1v) is 8.18. The van der Waals surface area contributed by atoms with Crippen molar-refractivity contribution in [3.05, 3.63) is 48.0 Å². The lowest BCUT2D eigenvalue weighted by atomic mass is 9.98. The molecule has 23 heavy (non-hydrogen) atoms. The van der Waals surface area contributed by atoms with Gasteiger partial charge >= 0.3 is 0 Å². The molecule has 2 aliphatic heterocycles. The van der Waals surface area contributed by atoms with Crippen LogP contribution in [0.4, 0.5) is 4.39 Å². The van der Waals surface area contributed by atoms with E-state index in [0.717, 1.165) is 24.0 Å². The zero-order valence-electron chi connectivity index (χ0n) is 12.8. The highest BCUT2D eigenvalue weighted by molar-refractivity contribution is 6.00. The van der Waals surface area contributed by atoms with Crippen molar-refractivity contribution >= 4 is 5.91 Å². The number of halogens is 1. The number of carbonyl (C=O) groups excluding carboxylic acids is 1. The zero-order valence-corrected chi connectivity index (χ0v) is 12.8. The van der Waals surface area contributed by atoms with Crippen molar-refractivity contribution in [3.8, 4) is 11.1 Å². The van der Waals surface area contributed by atoms with Crippen LogP contribution in [0.3, 0.4) is 0 Å². The van der Waals surface area contributed by atoms with Crippen LogP contribution in [0.5, 0.6) is 0 Å². The quantitative estimate of drug-likeness (QED) is 0.816. The molecular formula is C18H20FN3O. The fourth-order valence-electron chi connectivity index (χ4n) is 3.86. The van der Waals surface area contributed by atoms with Gasteiger partial charge in [0, 0.05) is 36.1 Å². The summed E-state index contributed by atoms with van der Waals surface area (Å²) in [5.74, 6) is -0.336. The molecule has 1 aromatic heterocycles. The van der Waals surface area contributed by atoms with Gasteiger partial charge in [-0.1, -0.05) is 12.1 Å². The van der Waals surface area contributed by atoms with Gasteiger partial charge in [0.25, 0.3) is 5.91 Å². The molecule has 2 saturated heterocycles. The highest BCUT2D eigenvalue weighted by Crippen LogP contribution is 2.28. The van der Waals surface area contributed by atoms with Gasteiger partial charge in [0.1, 0.15) is 5.82 Å². The molecule has 2 unspecified atom stereocenters. The van der Waals surface area contributed by atoms with Crippen LogP contribution in [-0.2, 0) is 0 Å². The number of benzene rings is 1. The summed E-state index contributed by atoms with van der Waals surface area (Å²) < 4.78 is 13.1. The molecule has 0 radical (unpaired) electrons. The van der Waals surface area contributed by atoms with Gasteiger partial charge in [-0.05, 0) is 43.4 Å². The van der Waals surface area contributed by atoms with Gasteiger partial charge in [-0.15, -0.1) is 0 Å². The maximum Gasteiger partial charge on any atom is 0.253 e. The highest BCUT2D eigenvalue weighted by atomic mass is 19.1. The molecule has 2 aliphatic rings. The first-order valence-electron chi connectivity index (χ1n) is 8.18. The maximum absolute atomic E-state index is 13.1. The summed E-state index contributed by atoms with van der Waals surface area (Å²) in [6.07, 6.45) is 7.92. The fourth-order valence-corrected chi connectivity index (χ4v) is 3.86. The predicted molar refractivity (Wildman–Crippen MR) is 86.6 cm³/mol. The lowest BCUT2D eigenvalue weighted by molar-refractivity contribution is 0.0925. The van der Waals surface area contributed by atoms with Crippen LogP contribution in [0.15, 0.2) is 36.7 Å². The molecule has 3 N–H and O–H groups in total. The second-order valence-electron chi connectivity index (χ2n) is 6.57. The Hall–Kier alpha value is -2.14. The molecule has 1 amide bonds. The first-order chi connectivity index (χ1) is 11.2. The van der Waals surface area contributed by atoms with E-state index in [0.29, 0.717) is 17.6 Å². The summed E-state index contributed by atoms with van der Waals surface area (Å²) in [6, 6.07) is 7.53. The third-order valence-corrected chi connectivity index (χ3v) is 4.95. The topological polar surface area (TPSA) is 56.9 Å². The van der Waals surface area contributed by atoms with Crippen LogP contribution >= 0.6 is 0 Å². The third kappa shape index (κ3) is 2.88. The van der Waals surface area contributed by atoms with E-state index in [1.54, 1.807) is 24.5 Å². The summed E-state index contributed by atoms with van der Waals surface area (Å²) in [6.45, 7) is 0. The monoisotopic (exact) mass is 313 g/mol. The summed E-state index contributed by atoms with van der Waals surface area (Å²) in [5, 5.41) is 6.75. The Morgan fingerprint density at radius 3 is 2.48 bits per heavy atom. The van der Waals surface area contributed by atoms with Crippen LogP contribution in [-0.4, -0.2) is 29.0 Å². The van der Waals surface area contributed by atoms with E-state index >= 15 is 0 Å².